The molecule has 0 N–H and O–H groups in total. The molecule has 3 aliphatic heterocycles. The molecule has 0 radical (unpaired) electrons. The van der Waals surface area contributed by atoms with Crippen LogP contribution in [0.25, 0.3) is 0 Å². The van der Waals surface area contributed by atoms with Gasteiger partial charge in [-0.25, -0.2) is 0 Å². The molecule has 3 atom stereocenters. The van der Waals surface area contributed by atoms with E-state index in [1.54, 1.807) is 0 Å². The summed E-state index contributed by atoms with van der Waals surface area (Å²) in [5.74, 6) is 0. The van der Waals surface area contributed by atoms with Crippen LogP contribution in [0, 0.1) is 11.3 Å². The van der Waals surface area contributed by atoms with Crippen molar-refractivity contribution < 1.29 is 14.2 Å². The van der Waals surface area contributed by atoms with Crippen LogP contribution in [0.5, 0.6) is 0 Å². The molecule has 0 aliphatic carbocycles. The van der Waals surface area contributed by atoms with Gasteiger partial charge >= 0.3 is 0 Å². The van der Waals surface area contributed by atoms with Crippen molar-refractivity contribution in [3.8, 4) is 6.07 Å². The monoisotopic (exact) mass is 252 g/mol. The SMILES string of the molecule is N#CC1CN(C2CCOC3(CCOC3)C2)CCO1. The number of morpholine rings is 1. The van der Waals surface area contributed by atoms with E-state index in [0.717, 1.165) is 52.2 Å². The average Bonchev–Trinajstić information content (AvgIpc) is 2.87. The lowest BCUT2D eigenvalue weighted by Gasteiger charge is -2.44. The molecular formula is C13H20N2O3. The Hall–Kier alpha value is -0.670. The minimum absolute atomic E-state index is 0.0522. The molecule has 3 heterocycles. The molecule has 0 saturated carbocycles. The van der Waals surface area contributed by atoms with Gasteiger partial charge in [-0.1, -0.05) is 0 Å². The number of ether oxygens (including phenoxy) is 3. The smallest absolute Gasteiger partial charge is 0.156 e. The molecule has 1 spiro atoms. The van der Waals surface area contributed by atoms with E-state index < -0.39 is 0 Å². The van der Waals surface area contributed by atoms with E-state index in [9.17, 15) is 0 Å². The molecule has 3 saturated heterocycles. The topological polar surface area (TPSA) is 54.7 Å². The fourth-order valence-corrected chi connectivity index (χ4v) is 3.26. The summed E-state index contributed by atoms with van der Waals surface area (Å²) >= 11 is 0. The van der Waals surface area contributed by atoms with Crippen molar-refractivity contribution >= 4 is 0 Å². The van der Waals surface area contributed by atoms with E-state index in [-0.39, 0.29) is 11.7 Å². The summed E-state index contributed by atoms with van der Waals surface area (Å²) < 4.78 is 16.9. The highest BCUT2D eigenvalue weighted by Crippen LogP contribution is 2.35. The molecule has 0 bridgehead atoms. The minimum atomic E-state index is -0.266. The summed E-state index contributed by atoms with van der Waals surface area (Å²) in [6.07, 6.45) is 2.83. The van der Waals surface area contributed by atoms with Crippen LogP contribution in [-0.4, -0.2) is 62.2 Å². The van der Waals surface area contributed by atoms with Crippen LogP contribution in [0.2, 0.25) is 0 Å². The zero-order valence-corrected chi connectivity index (χ0v) is 10.6. The van der Waals surface area contributed by atoms with E-state index in [1.807, 2.05) is 0 Å². The van der Waals surface area contributed by atoms with E-state index in [1.165, 1.54) is 0 Å². The Balaban J connectivity index is 1.63. The first-order valence-electron chi connectivity index (χ1n) is 6.78. The Bertz CT molecular complexity index is 336. The molecule has 5 heteroatoms. The standard InChI is InChI=1S/C13H20N2O3/c14-8-12-9-15(3-6-17-12)11-1-4-18-13(7-11)2-5-16-10-13/h11-12H,1-7,9-10H2. The van der Waals surface area contributed by atoms with Crippen LogP contribution in [0.15, 0.2) is 0 Å². The van der Waals surface area contributed by atoms with Gasteiger partial charge in [-0.05, 0) is 12.8 Å². The van der Waals surface area contributed by atoms with Crippen LogP contribution in [0.4, 0.5) is 0 Å². The predicted molar refractivity (Wildman–Crippen MR) is 64.1 cm³/mol. The second kappa shape index (κ2) is 5.14. The maximum absolute atomic E-state index is 8.97. The summed E-state index contributed by atoms with van der Waals surface area (Å²) in [6, 6.07) is 2.73. The Labute approximate surface area is 108 Å². The van der Waals surface area contributed by atoms with Crippen molar-refractivity contribution in [1.82, 2.24) is 4.90 Å². The van der Waals surface area contributed by atoms with E-state index in [4.69, 9.17) is 19.5 Å². The van der Waals surface area contributed by atoms with Gasteiger partial charge in [0.1, 0.15) is 0 Å². The second-order valence-corrected chi connectivity index (χ2v) is 5.46. The molecule has 3 unspecified atom stereocenters. The first-order chi connectivity index (χ1) is 8.81. The van der Waals surface area contributed by atoms with Gasteiger partial charge in [0.25, 0.3) is 0 Å². The van der Waals surface area contributed by atoms with Crippen molar-refractivity contribution in [3.63, 3.8) is 0 Å². The normalized spacial score (nSPS) is 41.9. The molecular weight excluding hydrogens is 232 g/mol. The van der Waals surface area contributed by atoms with Crippen molar-refractivity contribution in [2.24, 2.45) is 0 Å². The van der Waals surface area contributed by atoms with Crippen molar-refractivity contribution in [2.45, 2.75) is 37.0 Å². The van der Waals surface area contributed by atoms with Crippen LogP contribution < -0.4 is 0 Å². The van der Waals surface area contributed by atoms with Gasteiger partial charge in [0.2, 0.25) is 0 Å². The second-order valence-electron chi connectivity index (χ2n) is 5.46. The number of hydrogen-bond donors (Lipinski definition) is 0. The fourth-order valence-electron chi connectivity index (χ4n) is 3.26. The van der Waals surface area contributed by atoms with Crippen LogP contribution in [0.1, 0.15) is 19.3 Å². The average molecular weight is 252 g/mol. The first-order valence-corrected chi connectivity index (χ1v) is 6.78. The molecule has 0 aromatic rings. The lowest BCUT2D eigenvalue weighted by atomic mass is 9.88. The van der Waals surface area contributed by atoms with E-state index in [0.29, 0.717) is 12.6 Å². The third-order valence-corrected chi connectivity index (χ3v) is 4.29. The third-order valence-electron chi connectivity index (χ3n) is 4.29. The van der Waals surface area contributed by atoms with Gasteiger partial charge in [0.05, 0.1) is 24.9 Å². The molecule has 3 aliphatic rings. The first kappa shape index (κ1) is 12.4. The van der Waals surface area contributed by atoms with Gasteiger partial charge in [-0.3, -0.25) is 4.90 Å². The lowest BCUT2D eigenvalue weighted by molar-refractivity contribution is -0.119. The van der Waals surface area contributed by atoms with E-state index in [2.05, 4.69) is 11.0 Å². The minimum Gasteiger partial charge on any atom is -0.378 e. The molecule has 5 nitrogen and oxygen atoms in total. The van der Waals surface area contributed by atoms with Crippen molar-refractivity contribution in [3.05, 3.63) is 0 Å². The van der Waals surface area contributed by atoms with E-state index >= 15 is 0 Å². The number of hydrogen-bond acceptors (Lipinski definition) is 5. The fraction of sp³-hybridized carbons (Fsp3) is 0.923. The van der Waals surface area contributed by atoms with Gasteiger partial charge in [-0.2, -0.15) is 5.26 Å². The number of rotatable bonds is 1. The van der Waals surface area contributed by atoms with Gasteiger partial charge in [0, 0.05) is 38.8 Å². The van der Waals surface area contributed by atoms with Gasteiger partial charge in [0.15, 0.2) is 6.10 Å². The Morgan fingerprint density at radius 2 is 2.22 bits per heavy atom. The third kappa shape index (κ3) is 2.39. The largest absolute Gasteiger partial charge is 0.378 e. The Morgan fingerprint density at radius 1 is 1.28 bits per heavy atom. The zero-order valence-electron chi connectivity index (χ0n) is 10.6. The van der Waals surface area contributed by atoms with Crippen LogP contribution in [0.3, 0.4) is 0 Å². The van der Waals surface area contributed by atoms with Gasteiger partial charge in [-0.15, -0.1) is 0 Å². The molecule has 3 fully saturated rings. The molecule has 18 heavy (non-hydrogen) atoms. The molecule has 3 rings (SSSR count). The maximum atomic E-state index is 8.97. The van der Waals surface area contributed by atoms with Crippen molar-refractivity contribution in [1.29, 1.82) is 5.26 Å². The highest BCUT2D eigenvalue weighted by molar-refractivity contribution is 4.96. The van der Waals surface area contributed by atoms with Crippen LogP contribution >= 0.6 is 0 Å². The zero-order chi connectivity index (χ0) is 12.4. The number of nitrogens with zero attached hydrogens (tertiary/aromatic N) is 2. The quantitative estimate of drug-likeness (QED) is 0.682. The predicted octanol–water partition coefficient (Wildman–Crippen LogP) is 0.549. The Kier molecular flexibility index (Phi) is 3.53. The molecule has 0 aromatic carbocycles. The summed E-state index contributed by atoms with van der Waals surface area (Å²) in [5.41, 5.74) is -0.0522. The highest BCUT2D eigenvalue weighted by atomic mass is 16.6. The summed E-state index contributed by atoms with van der Waals surface area (Å²) in [7, 11) is 0. The summed E-state index contributed by atoms with van der Waals surface area (Å²) in [6.45, 7) is 4.69. The molecule has 100 valence electrons. The summed E-state index contributed by atoms with van der Waals surface area (Å²) in [5, 5.41) is 8.97. The van der Waals surface area contributed by atoms with Crippen molar-refractivity contribution in [2.75, 3.05) is 39.5 Å². The van der Waals surface area contributed by atoms with Crippen LogP contribution in [-0.2, 0) is 14.2 Å². The lowest BCUT2D eigenvalue weighted by Crippen LogP contribution is -2.53. The molecule has 0 amide bonds. The maximum Gasteiger partial charge on any atom is 0.156 e. The van der Waals surface area contributed by atoms with Gasteiger partial charge < -0.3 is 14.2 Å². The molecule has 0 aromatic heterocycles. The summed E-state index contributed by atoms with van der Waals surface area (Å²) in [4.78, 5) is 2.40. The highest BCUT2D eigenvalue weighted by Gasteiger charge is 2.43. The Morgan fingerprint density at radius 3 is 3.00 bits per heavy atom. The number of nitriles is 1.